The average Bonchev–Trinajstić information content (AvgIpc) is 3.43. The van der Waals surface area contributed by atoms with Gasteiger partial charge in [0.05, 0.1) is 22.4 Å². The highest BCUT2D eigenvalue weighted by molar-refractivity contribution is 7.91. The van der Waals surface area contributed by atoms with Crippen molar-refractivity contribution in [3.05, 3.63) is 41.3 Å². The van der Waals surface area contributed by atoms with Crippen LogP contribution in [-0.4, -0.2) is 48.8 Å². The second kappa shape index (κ2) is 9.03. The number of nitrogens with one attached hydrogen (secondary N) is 1. The number of thiophene rings is 1. The monoisotopic (exact) mass is 479 g/mol. The number of ether oxygens (including phenoxy) is 1. The number of aromatic nitrogens is 1. The molecule has 1 atom stereocenters. The predicted molar refractivity (Wildman–Crippen MR) is 120 cm³/mol. The lowest BCUT2D eigenvalue weighted by Crippen LogP contribution is -2.49. The van der Waals surface area contributed by atoms with Crippen LogP contribution in [-0.2, 0) is 19.6 Å². The number of hydrogen-bond donors (Lipinski definition) is 1. The Morgan fingerprint density at radius 2 is 2.13 bits per heavy atom. The summed E-state index contributed by atoms with van der Waals surface area (Å²) < 4.78 is 33.3. The number of sulfonamides is 1. The maximum absolute atomic E-state index is 13.0. The van der Waals surface area contributed by atoms with Crippen molar-refractivity contribution in [2.24, 2.45) is 0 Å². The fraction of sp³-hybridized carbons (Fsp3) is 0.350. The van der Waals surface area contributed by atoms with Gasteiger partial charge in [0, 0.05) is 6.54 Å². The fourth-order valence-corrected chi connectivity index (χ4v) is 7.17. The van der Waals surface area contributed by atoms with Crippen LogP contribution in [0.5, 0.6) is 0 Å². The quantitative estimate of drug-likeness (QED) is 0.540. The minimum absolute atomic E-state index is 0.235. The second-order valence-electron chi connectivity index (χ2n) is 6.97. The standard InChI is InChI=1S/C20H21N3O5S3/c1-2-28-19(25)13-8-9-14-16(12-13)30-20(21-14)22-18(24)15-6-3-4-10-23(15)31(26,27)17-7-5-11-29-17/h5,7-9,11-12,15H,2-4,6,10H2,1H3,(H,21,22,24). The molecule has 0 aliphatic carbocycles. The molecule has 1 aliphatic rings. The van der Waals surface area contributed by atoms with E-state index in [1.807, 2.05) is 0 Å². The van der Waals surface area contributed by atoms with Crippen LogP contribution in [0.25, 0.3) is 10.2 Å². The molecule has 1 fully saturated rings. The number of esters is 1. The van der Waals surface area contributed by atoms with Crippen LogP contribution < -0.4 is 5.32 Å². The van der Waals surface area contributed by atoms with Crippen molar-refractivity contribution in [3.63, 3.8) is 0 Å². The van der Waals surface area contributed by atoms with Gasteiger partial charge in [-0.1, -0.05) is 23.8 Å². The Balaban J connectivity index is 1.55. The number of fused-ring (bicyclic) bond motifs is 1. The topological polar surface area (TPSA) is 106 Å². The SMILES string of the molecule is CCOC(=O)c1ccc2nc(NC(=O)C3CCCCN3S(=O)(=O)c3cccs3)sc2c1. The summed E-state index contributed by atoms with van der Waals surface area (Å²) in [6.07, 6.45) is 1.94. The van der Waals surface area contributed by atoms with Gasteiger partial charge in [-0.25, -0.2) is 18.2 Å². The van der Waals surface area contributed by atoms with Gasteiger partial charge in [-0.05, 0) is 49.4 Å². The van der Waals surface area contributed by atoms with Gasteiger partial charge in [0.1, 0.15) is 10.3 Å². The normalized spacial score (nSPS) is 17.5. The Labute approximate surface area is 187 Å². The van der Waals surface area contributed by atoms with Crippen molar-refractivity contribution in [2.75, 3.05) is 18.5 Å². The molecule has 31 heavy (non-hydrogen) atoms. The van der Waals surface area contributed by atoms with Gasteiger partial charge >= 0.3 is 5.97 Å². The zero-order valence-corrected chi connectivity index (χ0v) is 19.2. The zero-order valence-electron chi connectivity index (χ0n) is 16.7. The first-order chi connectivity index (χ1) is 14.9. The van der Waals surface area contributed by atoms with Crippen molar-refractivity contribution in [3.8, 4) is 0 Å². The van der Waals surface area contributed by atoms with Gasteiger partial charge in [-0.2, -0.15) is 4.31 Å². The number of carbonyl (C=O) groups is 2. The molecule has 0 radical (unpaired) electrons. The van der Waals surface area contributed by atoms with Crippen LogP contribution in [0.4, 0.5) is 5.13 Å². The molecule has 4 rings (SSSR count). The Morgan fingerprint density at radius 3 is 2.87 bits per heavy atom. The molecule has 11 heteroatoms. The van der Waals surface area contributed by atoms with E-state index in [-0.39, 0.29) is 10.8 Å². The highest BCUT2D eigenvalue weighted by atomic mass is 32.2. The third kappa shape index (κ3) is 4.49. The summed E-state index contributed by atoms with van der Waals surface area (Å²) in [5.74, 6) is -0.815. The van der Waals surface area contributed by atoms with Crippen LogP contribution in [0.2, 0.25) is 0 Å². The number of hydrogen-bond acceptors (Lipinski definition) is 8. The molecule has 0 saturated carbocycles. The fourth-order valence-electron chi connectivity index (χ4n) is 3.49. The maximum atomic E-state index is 13.0. The lowest BCUT2D eigenvalue weighted by molar-refractivity contribution is -0.120. The third-order valence-corrected chi connectivity index (χ3v) is 9.16. The van der Waals surface area contributed by atoms with Crippen molar-refractivity contribution in [2.45, 2.75) is 36.4 Å². The van der Waals surface area contributed by atoms with E-state index in [0.717, 1.165) is 22.5 Å². The van der Waals surface area contributed by atoms with E-state index >= 15 is 0 Å². The molecular formula is C20H21N3O5S3. The van der Waals surface area contributed by atoms with E-state index in [1.165, 1.54) is 15.6 Å². The van der Waals surface area contributed by atoms with E-state index in [4.69, 9.17) is 4.74 Å². The number of piperidine rings is 1. The summed E-state index contributed by atoms with van der Waals surface area (Å²) >= 11 is 2.37. The lowest BCUT2D eigenvalue weighted by Gasteiger charge is -2.32. The number of benzene rings is 1. The van der Waals surface area contributed by atoms with E-state index in [9.17, 15) is 18.0 Å². The van der Waals surface area contributed by atoms with Crippen LogP contribution in [0, 0.1) is 0 Å². The molecular weight excluding hydrogens is 458 g/mol. The van der Waals surface area contributed by atoms with Gasteiger partial charge in [0.25, 0.3) is 10.0 Å². The maximum Gasteiger partial charge on any atom is 0.338 e. The molecule has 1 unspecified atom stereocenters. The van der Waals surface area contributed by atoms with Crippen LogP contribution >= 0.6 is 22.7 Å². The van der Waals surface area contributed by atoms with Gasteiger partial charge in [-0.3, -0.25) is 4.79 Å². The Kier molecular flexibility index (Phi) is 6.37. The van der Waals surface area contributed by atoms with Crippen molar-refractivity contribution < 1.29 is 22.7 Å². The summed E-state index contributed by atoms with van der Waals surface area (Å²) in [5, 5.41) is 4.84. The molecule has 1 N–H and O–H groups in total. The molecule has 0 bridgehead atoms. The first kappa shape index (κ1) is 21.9. The Morgan fingerprint density at radius 1 is 1.29 bits per heavy atom. The average molecular weight is 480 g/mol. The van der Waals surface area contributed by atoms with E-state index in [2.05, 4.69) is 10.3 Å². The van der Waals surface area contributed by atoms with Gasteiger partial charge in [0.15, 0.2) is 5.13 Å². The molecule has 0 spiro atoms. The first-order valence-corrected chi connectivity index (χ1v) is 13.0. The molecule has 164 valence electrons. The zero-order chi connectivity index (χ0) is 22.0. The predicted octanol–water partition coefficient (Wildman–Crippen LogP) is 3.72. The molecule has 3 aromatic rings. The summed E-state index contributed by atoms with van der Waals surface area (Å²) in [6, 6.07) is 7.45. The summed E-state index contributed by atoms with van der Waals surface area (Å²) in [5.41, 5.74) is 1.05. The third-order valence-electron chi connectivity index (χ3n) is 4.94. The lowest BCUT2D eigenvalue weighted by atomic mass is 10.0. The minimum atomic E-state index is -3.73. The minimum Gasteiger partial charge on any atom is -0.462 e. The highest BCUT2D eigenvalue weighted by Crippen LogP contribution is 2.30. The van der Waals surface area contributed by atoms with Crippen molar-refractivity contribution in [1.29, 1.82) is 0 Å². The van der Waals surface area contributed by atoms with Crippen LogP contribution in [0.15, 0.2) is 39.9 Å². The van der Waals surface area contributed by atoms with Crippen LogP contribution in [0.1, 0.15) is 36.5 Å². The molecule has 8 nitrogen and oxygen atoms in total. The molecule has 1 aromatic carbocycles. The molecule has 1 saturated heterocycles. The number of amides is 1. The Hall–Kier alpha value is -2.34. The molecule has 1 amide bonds. The van der Waals surface area contributed by atoms with E-state index in [1.54, 1.807) is 42.6 Å². The largest absolute Gasteiger partial charge is 0.462 e. The first-order valence-electron chi connectivity index (χ1n) is 9.84. The smallest absolute Gasteiger partial charge is 0.338 e. The Bertz CT molecular complexity index is 1200. The molecule has 1 aliphatic heterocycles. The van der Waals surface area contributed by atoms with E-state index < -0.39 is 27.9 Å². The molecule has 2 aromatic heterocycles. The summed E-state index contributed by atoms with van der Waals surface area (Å²) in [4.78, 5) is 29.3. The molecule has 3 heterocycles. The van der Waals surface area contributed by atoms with Gasteiger partial charge in [-0.15, -0.1) is 11.3 Å². The van der Waals surface area contributed by atoms with Gasteiger partial charge in [0.2, 0.25) is 5.91 Å². The number of thiazole rings is 1. The number of rotatable bonds is 6. The highest BCUT2D eigenvalue weighted by Gasteiger charge is 2.38. The van der Waals surface area contributed by atoms with Crippen molar-refractivity contribution >= 4 is 59.9 Å². The van der Waals surface area contributed by atoms with Gasteiger partial charge < -0.3 is 10.1 Å². The van der Waals surface area contributed by atoms with Crippen molar-refractivity contribution in [1.82, 2.24) is 9.29 Å². The number of carbonyl (C=O) groups excluding carboxylic acids is 2. The second-order valence-corrected chi connectivity index (χ2v) is 11.1. The van der Waals surface area contributed by atoms with E-state index in [0.29, 0.717) is 35.6 Å². The summed E-state index contributed by atoms with van der Waals surface area (Å²) in [7, 11) is -3.73. The summed E-state index contributed by atoms with van der Waals surface area (Å²) in [6.45, 7) is 2.33. The number of nitrogens with zero attached hydrogens (tertiary/aromatic N) is 2. The number of anilines is 1. The van der Waals surface area contributed by atoms with Crippen LogP contribution in [0.3, 0.4) is 0 Å².